The van der Waals surface area contributed by atoms with E-state index in [2.05, 4.69) is 33.1 Å². The van der Waals surface area contributed by atoms with E-state index in [0.29, 0.717) is 5.95 Å². The number of H-pyrrole nitrogens is 1. The van der Waals surface area contributed by atoms with E-state index in [1.165, 1.54) is 0 Å². The number of allylic oxidation sites excluding steroid dienone is 1. The van der Waals surface area contributed by atoms with Crippen LogP contribution in [-0.2, 0) is 4.79 Å². The van der Waals surface area contributed by atoms with Crippen molar-refractivity contribution in [1.82, 2.24) is 15.0 Å². The van der Waals surface area contributed by atoms with Crippen molar-refractivity contribution < 1.29 is 9.53 Å². The highest BCUT2D eigenvalue weighted by atomic mass is 32.1. The maximum atomic E-state index is 12.2. The van der Waals surface area contributed by atoms with Crippen molar-refractivity contribution >= 4 is 55.8 Å². The summed E-state index contributed by atoms with van der Waals surface area (Å²) in [5.74, 6) is 1.93. The Labute approximate surface area is 194 Å². The fraction of sp³-hybridized carbons (Fsp3) is 0.292. The number of amides is 1. The number of carbonyl (C=O) groups excluding carboxylic acids is 1. The van der Waals surface area contributed by atoms with Gasteiger partial charge in [-0.25, -0.2) is 4.98 Å². The van der Waals surface area contributed by atoms with E-state index in [1.54, 1.807) is 18.4 Å². The lowest BCUT2D eigenvalue weighted by atomic mass is 9.88. The first-order valence-electron chi connectivity index (χ1n) is 10.9. The monoisotopic (exact) mass is 460 g/mol. The number of carbonyl (C=O) groups is 1. The second-order valence-electron chi connectivity index (χ2n) is 8.78. The number of nitrogens with two attached hydrogens (primary N) is 1. The van der Waals surface area contributed by atoms with Gasteiger partial charge in [0.25, 0.3) is 0 Å². The molecule has 4 atom stereocenters. The molecule has 2 aliphatic carbocycles. The second-order valence-corrected chi connectivity index (χ2v) is 9.66. The van der Waals surface area contributed by atoms with E-state index in [9.17, 15) is 4.79 Å². The fourth-order valence-electron chi connectivity index (χ4n) is 5.25. The van der Waals surface area contributed by atoms with Crippen LogP contribution in [0.25, 0.3) is 21.1 Å². The molecule has 4 aromatic rings. The van der Waals surface area contributed by atoms with Gasteiger partial charge >= 0.3 is 0 Å². The van der Waals surface area contributed by atoms with Gasteiger partial charge in [0.1, 0.15) is 11.6 Å². The number of anilines is 3. The number of hydrogen-bond acceptors (Lipinski definition) is 7. The summed E-state index contributed by atoms with van der Waals surface area (Å²) in [6.07, 6.45) is 7.15. The van der Waals surface area contributed by atoms with Gasteiger partial charge in [0, 0.05) is 29.4 Å². The maximum absolute atomic E-state index is 12.2. The summed E-state index contributed by atoms with van der Waals surface area (Å²) in [5, 5.41) is 10.0. The normalized spacial score (nSPS) is 23.5. The molecule has 4 unspecified atom stereocenters. The molecular weight excluding hydrogens is 436 g/mol. The Morgan fingerprint density at radius 1 is 1.27 bits per heavy atom. The van der Waals surface area contributed by atoms with Gasteiger partial charge in [-0.1, -0.05) is 12.2 Å². The highest BCUT2D eigenvalue weighted by molar-refractivity contribution is 7.18. The number of benzene rings is 1. The van der Waals surface area contributed by atoms with Gasteiger partial charge in [0.05, 0.1) is 28.8 Å². The average Bonchev–Trinajstić information content (AvgIpc) is 3.58. The number of aryl methyl sites for hydroxylation is 1. The van der Waals surface area contributed by atoms with Gasteiger partial charge in [-0.05, 0) is 48.3 Å². The standard InChI is InChI=1S/C24H24N6O2S/c1-11-10-33-21-18(11)29-24(27-15-8-14-5-6-26-19(14)16(9-15)32-2)30-23(21)28-20-13-4-3-12(7-13)17(20)22(25)31/h3-6,8-10,12-13,17,20,26H,7H2,1-2H3,(H2,25,31)(H2,27,28,29,30). The van der Waals surface area contributed by atoms with Crippen LogP contribution < -0.4 is 21.1 Å². The van der Waals surface area contributed by atoms with Crippen molar-refractivity contribution in [3.63, 3.8) is 0 Å². The molecule has 1 fully saturated rings. The van der Waals surface area contributed by atoms with Crippen LogP contribution in [0.4, 0.5) is 17.5 Å². The van der Waals surface area contributed by atoms with Gasteiger partial charge in [0.15, 0.2) is 0 Å². The topological polar surface area (TPSA) is 118 Å². The van der Waals surface area contributed by atoms with Gasteiger partial charge in [-0.3, -0.25) is 4.79 Å². The molecule has 0 saturated heterocycles. The molecule has 1 saturated carbocycles. The summed E-state index contributed by atoms with van der Waals surface area (Å²) in [5.41, 5.74) is 9.52. The van der Waals surface area contributed by atoms with Crippen LogP contribution in [0.15, 0.2) is 41.9 Å². The third-order valence-electron chi connectivity index (χ3n) is 6.78. The van der Waals surface area contributed by atoms with Crippen LogP contribution in [0.2, 0.25) is 0 Å². The molecule has 9 heteroatoms. The van der Waals surface area contributed by atoms with E-state index in [1.807, 2.05) is 31.3 Å². The molecule has 33 heavy (non-hydrogen) atoms. The van der Waals surface area contributed by atoms with Crippen molar-refractivity contribution in [3.8, 4) is 5.75 Å². The van der Waals surface area contributed by atoms with Crippen LogP contribution in [0.3, 0.4) is 0 Å². The third-order valence-corrected chi connectivity index (χ3v) is 7.88. The van der Waals surface area contributed by atoms with Crippen LogP contribution in [0, 0.1) is 24.7 Å². The molecule has 2 bridgehead atoms. The zero-order valence-corrected chi connectivity index (χ0v) is 19.1. The number of primary amides is 1. The minimum absolute atomic E-state index is 0.0674. The van der Waals surface area contributed by atoms with Crippen LogP contribution in [0.5, 0.6) is 5.75 Å². The molecule has 168 valence electrons. The summed E-state index contributed by atoms with van der Waals surface area (Å²) < 4.78 is 6.52. The summed E-state index contributed by atoms with van der Waals surface area (Å²) in [7, 11) is 1.65. The summed E-state index contributed by atoms with van der Waals surface area (Å²) in [6.45, 7) is 2.04. The zero-order chi connectivity index (χ0) is 22.7. The first-order valence-corrected chi connectivity index (χ1v) is 11.8. The molecule has 0 radical (unpaired) electrons. The minimum atomic E-state index is -0.262. The number of nitrogens with one attached hydrogen (secondary N) is 3. The number of ether oxygens (including phenoxy) is 1. The van der Waals surface area contributed by atoms with E-state index in [4.69, 9.17) is 20.4 Å². The molecule has 8 nitrogen and oxygen atoms in total. The number of thiophene rings is 1. The number of aromatic nitrogens is 3. The van der Waals surface area contributed by atoms with Crippen molar-refractivity contribution in [2.24, 2.45) is 23.5 Å². The lowest BCUT2D eigenvalue weighted by Gasteiger charge is -2.27. The molecular formula is C24H24N6O2S. The van der Waals surface area contributed by atoms with Crippen LogP contribution in [0.1, 0.15) is 12.0 Å². The smallest absolute Gasteiger partial charge is 0.229 e. The predicted octanol–water partition coefficient (Wildman–Crippen LogP) is 4.32. The molecule has 0 spiro atoms. The number of nitrogens with zero attached hydrogens (tertiary/aromatic N) is 2. The molecule has 3 heterocycles. The maximum Gasteiger partial charge on any atom is 0.229 e. The molecule has 2 aliphatic rings. The van der Waals surface area contributed by atoms with Gasteiger partial charge in [0.2, 0.25) is 11.9 Å². The minimum Gasteiger partial charge on any atom is -0.494 e. The Kier molecular flexibility index (Phi) is 4.55. The molecule has 0 aliphatic heterocycles. The molecule has 5 N–H and O–H groups in total. The lowest BCUT2D eigenvalue weighted by Crippen LogP contribution is -2.41. The Hall–Kier alpha value is -3.59. The number of aromatic amines is 1. The first kappa shape index (κ1) is 20.0. The molecule has 6 rings (SSSR count). The van der Waals surface area contributed by atoms with Gasteiger partial charge < -0.3 is 26.1 Å². The Morgan fingerprint density at radius 2 is 2.12 bits per heavy atom. The van der Waals surface area contributed by atoms with E-state index < -0.39 is 0 Å². The van der Waals surface area contributed by atoms with E-state index >= 15 is 0 Å². The van der Waals surface area contributed by atoms with Crippen molar-refractivity contribution in [2.45, 2.75) is 19.4 Å². The van der Waals surface area contributed by atoms with Gasteiger partial charge in [-0.2, -0.15) is 4.98 Å². The zero-order valence-electron chi connectivity index (χ0n) is 18.3. The first-order chi connectivity index (χ1) is 16.0. The SMILES string of the molecule is COc1cc(Nc2nc(NC3C4C=CC(C4)C3C(N)=O)c3scc(C)c3n2)cc2cc[nH]c12. The largest absolute Gasteiger partial charge is 0.494 e. The lowest BCUT2D eigenvalue weighted by molar-refractivity contribution is -0.122. The van der Waals surface area contributed by atoms with Crippen molar-refractivity contribution in [2.75, 3.05) is 17.7 Å². The van der Waals surface area contributed by atoms with Crippen LogP contribution >= 0.6 is 11.3 Å². The van der Waals surface area contributed by atoms with E-state index in [0.717, 1.165) is 50.4 Å². The highest BCUT2D eigenvalue weighted by Gasteiger charge is 2.47. The van der Waals surface area contributed by atoms with Crippen molar-refractivity contribution in [3.05, 3.63) is 47.5 Å². The van der Waals surface area contributed by atoms with Crippen LogP contribution in [-0.4, -0.2) is 34.0 Å². The van der Waals surface area contributed by atoms with Gasteiger partial charge in [-0.15, -0.1) is 11.3 Å². The molecule has 1 amide bonds. The number of hydrogen-bond donors (Lipinski definition) is 4. The Bertz CT molecular complexity index is 1420. The summed E-state index contributed by atoms with van der Waals surface area (Å²) in [6, 6.07) is 5.88. The summed E-state index contributed by atoms with van der Waals surface area (Å²) >= 11 is 1.60. The fourth-order valence-corrected chi connectivity index (χ4v) is 6.19. The predicted molar refractivity (Wildman–Crippen MR) is 131 cm³/mol. The van der Waals surface area contributed by atoms with Crippen molar-refractivity contribution in [1.29, 1.82) is 0 Å². The number of methoxy groups -OCH3 is 1. The summed E-state index contributed by atoms with van der Waals surface area (Å²) in [4.78, 5) is 25.0. The quantitative estimate of drug-likeness (QED) is 0.318. The average molecular weight is 461 g/mol. The number of fused-ring (bicyclic) bond motifs is 4. The highest BCUT2D eigenvalue weighted by Crippen LogP contribution is 2.45. The van der Waals surface area contributed by atoms with E-state index in [-0.39, 0.29) is 29.7 Å². The Morgan fingerprint density at radius 3 is 2.94 bits per heavy atom. The second kappa shape index (κ2) is 7.48. The molecule has 1 aromatic carbocycles. The third kappa shape index (κ3) is 3.22. The number of rotatable bonds is 6. The molecule has 3 aromatic heterocycles. The Balaban J connectivity index is 1.39.